The number of anilines is 1. The summed E-state index contributed by atoms with van der Waals surface area (Å²) >= 11 is 12.8. The number of allylic oxidation sites excluding steroid dienone is 3. The number of benzene rings is 2. The Labute approximate surface area is 314 Å². The molecule has 0 saturated carbocycles. The fourth-order valence-corrected chi connectivity index (χ4v) is 7.72. The zero-order valence-electron chi connectivity index (χ0n) is 30.1. The first-order chi connectivity index (χ1) is 25.1. The molecule has 0 amide bonds. The van der Waals surface area contributed by atoms with Gasteiger partial charge in [0.2, 0.25) is 5.79 Å². The van der Waals surface area contributed by atoms with Crippen LogP contribution in [0.3, 0.4) is 0 Å². The second-order valence-electron chi connectivity index (χ2n) is 13.9. The summed E-state index contributed by atoms with van der Waals surface area (Å²) in [5, 5.41) is 13.9. The van der Waals surface area contributed by atoms with E-state index < -0.39 is 11.3 Å². The van der Waals surface area contributed by atoms with E-state index in [2.05, 4.69) is 76.2 Å². The van der Waals surface area contributed by atoms with Crippen LogP contribution in [-0.4, -0.2) is 79.7 Å². The average molecular weight is 750 g/mol. The van der Waals surface area contributed by atoms with Gasteiger partial charge in [-0.3, -0.25) is 4.57 Å². The molecule has 3 aliphatic rings. The Morgan fingerprint density at radius 2 is 1.79 bits per heavy atom. The van der Waals surface area contributed by atoms with Crippen molar-refractivity contribution in [3.05, 3.63) is 111 Å². The first kappa shape index (κ1) is 36.3. The Morgan fingerprint density at radius 3 is 2.48 bits per heavy atom. The smallest absolute Gasteiger partial charge is 0.346 e. The van der Waals surface area contributed by atoms with Crippen LogP contribution in [0.2, 0.25) is 10.0 Å². The van der Waals surface area contributed by atoms with Crippen molar-refractivity contribution in [1.82, 2.24) is 34.2 Å². The van der Waals surface area contributed by atoms with Crippen LogP contribution in [-0.2, 0) is 33.8 Å². The number of aryl methyl sites for hydroxylation is 1. The summed E-state index contributed by atoms with van der Waals surface area (Å²) in [4.78, 5) is 19.5. The minimum atomic E-state index is -1.19. The Kier molecular flexibility index (Phi) is 10.5. The van der Waals surface area contributed by atoms with Gasteiger partial charge in [-0.1, -0.05) is 55.3 Å². The molecule has 276 valence electrons. The molecule has 0 N–H and O–H groups in total. The van der Waals surface area contributed by atoms with Crippen molar-refractivity contribution in [3.63, 3.8) is 0 Å². The summed E-state index contributed by atoms with van der Waals surface area (Å²) in [7, 11) is 0. The van der Waals surface area contributed by atoms with Crippen molar-refractivity contribution >= 4 is 28.9 Å². The molecule has 2 fully saturated rings. The Hall–Kier alpha value is -4.10. The molecule has 4 heterocycles. The van der Waals surface area contributed by atoms with Crippen LogP contribution < -0.4 is 15.3 Å². The van der Waals surface area contributed by atoms with E-state index in [4.69, 9.17) is 37.4 Å². The molecule has 4 atom stereocenters. The summed E-state index contributed by atoms with van der Waals surface area (Å²) in [6, 6.07) is 11.7. The highest BCUT2D eigenvalue weighted by Gasteiger charge is 2.46. The van der Waals surface area contributed by atoms with Crippen molar-refractivity contribution in [2.45, 2.75) is 77.0 Å². The topological polar surface area (TPSA) is 105 Å². The van der Waals surface area contributed by atoms with E-state index in [1.807, 2.05) is 19.1 Å². The summed E-state index contributed by atoms with van der Waals surface area (Å²) in [6.07, 6.45) is 13.6. The molecule has 12 nitrogen and oxygen atoms in total. The van der Waals surface area contributed by atoms with Crippen molar-refractivity contribution < 1.29 is 14.2 Å². The molecule has 0 spiro atoms. The average Bonchev–Trinajstić information content (AvgIpc) is 3.92. The molecule has 0 radical (unpaired) electrons. The minimum absolute atomic E-state index is 0.0586. The van der Waals surface area contributed by atoms with Crippen molar-refractivity contribution in [1.29, 1.82) is 0 Å². The van der Waals surface area contributed by atoms with Crippen LogP contribution in [0.25, 0.3) is 0 Å². The van der Waals surface area contributed by atoms with Gasteiger partial charge in [-0.2, -0.15) is 20.1 Å². The molecular weight excluding hydrogens is 703 g/mol. The van der Waals surface area contributed by atoms with Crippen LogP contribution in [0.5, 0.6) is 5.75 Å². The number of halogens is 2. The molecule has 2 saturated heterocycles. The van der Waals surface area contributed by atoms with E-state index in [0.29, 0.717) is 28.8 Å². The number of hydrogen-bond donors (Lipinski definition) is 0. The van der Waals surface area contributed by atoms with Crippen molar-refractivity contribution in [3.8, 4) is 5.75 Å². The normalized spacial score (nSPS) is 24.0. The molecule has 1 aliphatic carbocycles. The van der Waals surface area contributed by atoms with E-state index in [1.54, 1.807) is 40.1 Å². The van der Waals surface area contributed by atoms with Gasteiger partial charge in [0.15, 0.2) is 0 Å². The van der Waals surface area contributed by atoms with Gasteiger partial charge in [0.25, 0.3) is 0 Å². The zero-order valence-corrected chi connectivity index (χ0v) is 31.6. The lowest BCUT2D eigenvalue weighted by molar-refractivity contribution is -0.192. The van der Waals surface area contributed by atoms with Crippen LogP contribution in [0.1, 0.15) is 57.7 Å². The summed E-state index contributed by atoms with van der Waals surface area (Å²) in [5.74, 6) is -0.400. The minimum Gasteiger partial charge on any atom is -0.491 e. The van der Waals surface area contributed by atoms with E-state index in [1.165, 1.54) is 21.7 Å². The van der Waals surface area contributed by atoms with Gasteiger partial charge in [0.1, 0.15) is 31.3 Å². The van der Waals surface area contributed by atoms with Crippen LogP contribution >= 0.6 is 23.2 Å². The second-order valence-corrected chi connectivity index (χ2v) is 14.8. The highest BCUT2D eigenvalue weighted by molar-refractivity contribution is 6.35. The lowest BCUT2D eigenvalue weighted by Gasteiger charge is -2.40. The molecule has 2 aromatic carbocycles. The van der Waals surface area contributed by atoms with Crippen LogP contribution in [0.15, 0.2) is 83.8 Å². The van der Waals surface area contributed by atoms with Gasteiger partial charge in [-0.15, -0.1) is 0 Å². The maximum atomic E-state index is 13.1. The van der Waals surface area contributed by atoms with E-state index in [9.17, 15) is 4.79 Å². The number of piperazine rings is 1. The van der Waals surface area contributed by atoms with Gasteiger partial charge in [0.05, 0.1) is 35.6 Å². The third-order valence-electron chi connectivity index (χ3n) is 10.5. The molecule has 0 bridgehead atoms. The van der Waals surface area contributed by atoms with Gasteiger partial charge in [-0.25, -0.2) is 9.48 Å². The lowest BCUT2D eigenvalue weighted by Crippen LogP contribution is -2.46. The first-order valence-corrected chi connectivity index (χ1v) is 18.8. The fraction of sp³-hybridized carbons (Fsp3) is 0.474. The number of rotatable bonds is 12. The standard InChI is InChI=1S/C38H46Cl2N8O4/c1-5-27(3)48-36(49)46(26-43-48)37(4)13-11-30(12-14-37)44-17-19-45(20-18-44)35-10-8-31(21-28(35)6-2)50-23-32-24-51-38(52-32,25-47-41-15-16-42-47)33-9-7-29(39)22-34(33)40/h7-13,15-16,21-22,26-27,32H,5-6,14,17-20,23-25H2,1-4H3. The maximum Gasteiger partial charge on any atom is 0.346 e. The third-order valence-corrected chi connectivity index (χ3v) is 11.0. The number of aromatic nitrogens is 6. The molecule has 7 rings (SSSR count). The van der Waals surface area contributed by atoms with Crippen LogP contribution in [0, 0.1) is 0 Å². The Balaban J connectivity index is 0.956. The molecule has 2 aromatic heterocycles. The highest BCUT2D eigenvalue weighted by Crippen LogP contribution is 2.40. The zero-order chi connectivity index (χ0) is 36.5. The fourth-order valence-electron chi connectivity index (χ4n) is 7.17. The predicted octanol–water partition coefficient (Wildman–Crippen LogP) is 6.21. The van der Waals surface area contributed by atoms with Crippen molar-refractivity contribution in [2.24, 2.45) is 0 Å². The molecule has 2 aliphatic heterocycles. The van der Waals surface area contributed by atoms with Gasteiger partial charge < -0.3 is 24.0 Å². The number of nitrogens with zero attached hydrogens (tertiary/aromatic N) is 8. The van der Waals surface area contributed by atoms with Crippen molar-refractivity contribution in [2.75, 3.05) is 44.3 Å². The van der Waals surface area contributed by atoms with E-state index in [0.717, 1.165) is 51.2 Å². The molecule has 4 unspecified atom stereocenters. The Bertz CT molecular complexity index is 1990. The second kappa shape index (κ2) is 15.1. The quantitative estimate of drug-likeness (QED) is 0.167. The molecule has 52 heavy (non-hydrogen) atoms. The molecule has 4 aromatic rings. The summed E-state index contributed by atoms with van der Waals surface area (Å²) < 4.78 is 22.5. The molecule has 14 heteroatoms. The highest BCUT2D eigenvalue weighted by atomic mass is 35.5. The maximum absolute atomic E-state index is 13.1. The van der Waals surface area contributed by atoms with Crippen LogP contribution in [0.4, 0.5) is 5.69 Å². The van der Waals surface area contributed by atoms with Gasteiger partial charge in [0, 0.05) is 48.1 Å². The molecular formula is C38H46Cl2N8O4. The third kappa shape index (κ3) is 7.26. The van der Waals surface area contributed by atoms with Gasteiger partial charge >= 0.3 is 5.69 Å². The van der Waals surface area contributed by atoms with E-state index in [-0.39, 0.29) is 24.4 Å². The number of ether oxygens (including phenoxy) is 3. The predicted molar refractivity (Wildman–Crippen MR) is 201 cm³/mol. The number of hydrogen-bond acceptors (Lipinski definition) is 9. The Morgan fingerprint density at radius 1 is 1.02 bits per heavy atom. The summed E-state index contributed by atoms with van der Waals surface area (Å²) in [6.45, 7) is 12.8. The van der Waals surface area contributed by atoms with E-state index >= 15 is 0 Å². The SMILES string of the molecule is CCc1cc(OCC2COC(Cn3nccn3)(c3ccc(Cl)cc3Cl)O2)ccc1N1CCN(C2=CCC(C)(n3cnn(C(C)CC)c3=O)C=C2)CC1. The largest absolute Gasteiger partial charge is 0.491 e. The van der Waals surface area contributed by atoms with Gasteiger partial charge in [-0.05, 0) is 75.1 Å². The monoisotopic (exact) mass is 748 g/mol. The lowest BCUT2D eigenvalue weighted by atomic mass is 9.91. The first-order valence-electron chi connectivity index (χ1n) is 18.0. The summed E-state index contributed by atoms with van der Waals surface area (Å²) in [5.41, 5.74) is 3.84.